The van der Waals surface area contributed by atoms with Gasteiger partial charge >= 0.3 is 0 Å². The molecule has 0 spiro atoms. The largest absolute Gasteiger partial charge is 0.363 e. The van der Waals surface area contributed by atoms with Crippen LogP contribution in [0, 0.1) is 0 Å². The lowest BCUT2D eigenvalue weighted by Crippen LogP contribution is -2.43. The van der Waals surface area contributed by atoms with E-state index in [4.69, 9.17) is 0 Å². The quantitative estimate of drug-likeness (QED) is 0.832. The molecule has 1 amide bonds. The van der Waals surface area contributed by atoms with Crippen LogP contribution in [0.2, 0.25) is 0 Å². The number of piperidine rings is 1. The van der Waals surface area contributed by atoms with Crippen LogP contribution in [0.3, 0.4) is 0 Å². The van der Waals surface area contributed by atoms with Gasteiger partial charge in [0.2, 0.25) is 5.91 Å². The standard InChI is InChI=1S/C14H22N4O/c1-18(2)13-4-3-11(10-16-13)9-14(19)17-12-5-7-15-8-6-12/h3-4,10,12,15H,5-9H2,1-2H3,(H,17,19). The van der Waals surface area contributed by atoms with Gasteiger partial charge in [-0.2, -0.15) is 0 Å². The number of aromatic nitrogens is 1. The molecule has 0 atom stereocenters. The molecule has 0 radical (unpaired) electrons. The fourth-order valence-electron chi connectivity index (χ4n) is 2.22. The van der Waals surface area contributed by atoms with Crippen LogP contribution in [-0.4, -0.2) is 44.1 Å². The first-order valence-corrected chi connectivity index (χ1v) is 6.77. The topological polar surface area (TPSA) is 57.3 Å². The summed E-state index contributed by atoms with van der Waals surface area (Å²) in [6, 6.07) is 4.22. The average Bonchev–Trinajstić information content (AvgIpc) is 2.40. The summed E-state index contributed by atoms with van der Waals surface area (Å²) >= 11 is 0. The van der Waals surface area contributed by atoms with Crippen LogP contribution in [0.1, 0.15) is 18.4 Å². The highest BCUT2D eigenvalue weighted by Gasteiger charge is 2.15. The van der Waals surface area contributed by atoms with Crippen molar-refractivity contribution in [2.75, 3.05) is 32.1 Å². The molecule has 1 aliphatic rings. The van der Waals surface area contributed by atoms with Gasteiger partial charge in [0.05, 0.1) is 6.42 Å². The van der Waals surface area contributed by atoms with Crippen LogP contribution >= 0.6 is 0 Å². The number of nitrogens with one attached hydrogen (secondary N) is 2. The van der Waals surface area contributed by atoms with Gasteiger partial charge in [-0.05, 0) is 37.6 Å². The molecule has 0 bridgehead atoms. The minimum atomic E-state index is 0.0892. The van der Waals surface area contributed by atoms with Crippen LogP contribution in [0.4, 0.5) is 5.82 Å². The van der Waals surface area contributed by atoms with Crippen LogP contribution in [0.15, 0.2) is 18.3 Å². The van der Waals surface area contributed by atoms with E-state index in [9.17, 15) is 4.79 Å². The summed E-state index contributed by atoms with van der Waals surface area (Å²) in [7, 11) is 3.90. The lowest BCUT2D eigenvalue weighted by atomic mass is 10.1. The van der Waals surface area contributed by atoms with Crippen LogP contribution in [-0.2, 0) is 11.2 Å². The Labute approximate surface area is 114 Å². The lowest BCUT2D eigenvalue weighted by molar-refractivity contribution is -0.121. The van der Waals surface area contributed by atoms with Crippen molar-refractivity contribution in [1.29, 1.82) is 0 Å². The van der Waals surface area contributed by atoms with Crippen molar-refractivity contribution in [1.82, 2.24) is 15.6 Å². The summed E-state index contributed by atoms with van der Waals surface area (Å²) in [5, 5.41) is 6.38. The third kappa shape index (κ3) is 4.21. The van der Waals surface area contributed by atoms with Gasteiger partial charge in [0.1, 0.15) is 5.82 Å². The Hall–Kier alpha value is -1.62. The van der Waals surface area contributed by atoms with E-state index in [1.807, 2.05) is 31.1 Å². The SMILES string of the molecule is CN(C)c1ccc(CC(=O)NC2CCNCC2)cn1. The highest BCUT2D eigenvalue weighted by molar-refractivity contribution is 5.78. The molecule has 1 aromatic heterocycles. The molecule has 19 heavy (non-hydrogen) atoms. The zero-order valence-corrected chi connectivity index (χ0v) is 11.6. The third-order valence-corrected chi connectivity index (χ3v) is 3.34. The number of carbonyl (C=O) groups excluding carboxylic acids is 1. The van der Waals surface area contributed by atoms with Gasteiger partial charge in [-0.25, -0.2) is 4.98 Å². The third-order valence-electron chi connectivity index (χ3n) is 3.34. The van der Waals surface area contributed by atoms with Crippen molar-refractivity contribution < 1.29 is 4.79 Å². The molecule has 1 aromatic rings. The number of rotatable bonds is 4. The predicted molar refractivity (Wildman–Crippen MR) is 76.3 cm³/mol. The van der Waals surface area contributed by atoms with Gasteiger partial charge < -0.3 is 15.5 Å². The Morgan fingerprint density at radius 1 is 1.42 bits per heavy atom. The minimum Gasteiger partial charge on any atom is -0.363 e. The monoisotopic (exact) mass is 262 g/mol. The molecular formula is C14H22N4O. The van der Waals surface area contributed by atoms with E-state index in [0.717, 1.165) is 37.3 Å². The molecule has 2 N–H and O–H groups in total. The van der Waals surface area contributed by atoms with Crippen molar-refractivity contribution in [3.8, 4) is 0 Å². The van der Waals surface area contributed by atoms with E-state index in [1.165, 1.54) is 0 Å². The Bertz CT molecular complexity index is 410. The second-order valence-corrected chi connectivity index (χ2v) is 5.19. The maximum atomic E-state index is 11.9. The highest BCUT2D eigenvalue weighted by Crippen LogP contribution is 2.09. The molecular weight excluding hydrogens is 240 g/mol. The first-order valence-electron chi connectivity index (χ1n) is 6.77. The lowest BCUT2D eigenvalue weighted by Gasteiger charge is -2.23. The predicted octanol–water partition coefficient (Wildman–Crippen LogP) is 0.558. The average molecular weight is 262 g/mol. The van der Waals surface area contributed by atoms with Gasteiger partial charge in [-0.3, -0.25) is 4.79 Å². The molecule has 0 saturated carbocycles. The molecule has 2 rings (SSSR count). The number of anilines is 1. The van der Waals surface area contributed by atoms with Gasteiger partial charge in [0, 0.05) is 26.3 Å². The van der Waals surface area contributed by atoms with E-state index >= 15 is 0 Å². The maximum absolute atomic E-state index is 11.9. The summed E-state index contributed by atoms with van der Waals surface area (Å²) in [5.74, 6) is 0.994. The van der Waals surface area contributed by atoms with Gasteiger partial charge in [-0.15, -0.1) is 0 Å². The van der Waals surface area contributed by atoms with E-state index < -0.39 is 0 Å². The summed E-state index contributed by atoms with van der Waals surface area (Å²) in [5.41, 5.74) is 0.956. The van der Waals surface area contributed by atoms with Gasteiger partial charge in [-0.1, -0.05) is 6.07 Å². The van der Waals surface area contributed by atoms with Crippen LogP contribution < -0.4 is 15.5 Å². The van der Waals surface area contributed by atoms with Crippen LogP contribution in [0.25, 0.3) is 0 Å². The molecule has 0 aromatic carbocycles. The molecule has 104 valence electrons. The van der Waals surface area contributed by atoms with Crippen molar-refractivity contribution in [2.24, 2.45) is 0 Å². The fourth-order valence-corrected chi connectivity index (χ4v) is 2.22. The number of carbonyl (C=O) groups is 1. The number of hydrogen-bond acceptors (Lipinski definition) is 4. The van der Waals surface area contributed by atoms with E-state index in [2.05, 4.69) is 15.6 Å². The normalized spacial score (nSPS) is 16.1. The summed E-state index contributed by atoms with van der Waals surface area (Å²) in [4.78, 5) is 18.2. The number of hydrogen-bond donors (Lipinski definition) is 2. The van der Waals surface area contributed by atoms with Crippen molar-refractivity contribution in [3.63, 3.8) is 0 Å². The number of pyridine rings is 1. The Kier molecular flexibility index (Phi) is 4.74. The highest BCUT2D eigenvalue weighted by atomic mass is 16.1. The smallest absolute Gasteiger partial charge is 0.224 e. The number of amides is 1. The van der Waals surface area contributed by atoms with Crippen molar-refractivity contribution >= 4 is 11.7 Å². The molecule has 0 unspecified atom stereocenters. The van der Waals surface area contributed by atoms with Crippen molar-refractivity contribution in [3.05, 3.63) is 23.9 Å². The molecule has 1 aliphatic heterocycles. The van der Waals surface area contributed by atoms with E-state index in [-0.39, 0.29) is 5.91 Å². The zero-order valence-electron chi connectivity index (χ0n) is 11.6. The second-order valence-electron chi connectivity index (χ2n) is 5.19. The second kappa shape index (κ2) is 6.52. The van der Waals surface area contributed by atoms with Gasteiger partial charge in [0.15, 0.2) is 0 Å². The molecule has 5 nitrogen and oxygen atoms in total. The number of nitrogens with zero attached hydrogens (tertiary/aromatic N) is 2. The Morgan fingerprint density at radius 2 is 2.16 bits per heavy atom. The Balaban J connectivity index is 1.84. The molecule has 0 aliphatic carbocycles. The molecule has 1 saturated heterocycles. The molecule has 2 heterocycles. The maximum Gasteiger partial charge on any atom is 0.224 e. The summed E-state index contributed by atoms with van der Waals surface area (Å²) in [6.07, 6.45) is 4.22. The van der Waals surface area contributed by atoms with Gasteiger partial charge in [0.25, 0.3) is 0 Å². The van der Waals surface area contributed by atoms with E-state index in [1.54, 1.807) is 6.20 Å². The first-order chi connectivity index (χ1) is 9.15. The molecule has 1 fully saturated rings. The zero-order chi connectivity index (χ0) is 13.7. The van der Waals surface area contributed by atoms with E-state index in [0.29, 0.717) is 12.5 Å². The fraction of sp³-hybridized carbons (Fsp3) is 0.571. The summed E-state index contributed by atoms with van der Waals surface area (Å²) in [6.45, 7) is 1.98. The summed E-state index contributed by atoms with van der Waals surface area (Å²) < 4.78 is 0. The first kappa shape index (κ1) is 13.8. The van der Waals surface area contributed by atoms with Crippen molar-refractivity contribution in [2.45, 2.75) is 25.3 Å². The minimum absolute atomic E-state index is 0.0892. The molecule has 5 heteroatoms. The Morgan fingerprint density at radius 3 is 2.74 bits per heavy atom. The van der Waals surface area contributed by atoms with Crippen LogP contribution in [0.5, 0.6) is 0 Å².